The third kappa shape index (κ3) is 3.04. The summed E-state index contributed by atoms with van der Waals surface area (Å²) in [6.45, 7) is 5.31. The van der Waals surface area contributed by atoms with E-state index in [9.17, 15) is 4.79 Å². The van der Waals surface area contributed by atoms with Crippen LogP contribution in [0.4, 0.5) is 5.69 Å². The van der Waals surface area contributed by atoms with Gasteiger partial charge in [0.15, 0.2) is 6.10 Å². The van der Waals surface area contributed by atoms with Crippen LogP contribution in [0.25, 0.3) is 11.1 Å². The van der Waals surface area contributed by atoms with E-state index in [0.717, 1.165) is 34.8 Å². The number of fused-ring (bicyclic) bond motifs is 1. The van der Waals surface area contributed by atoms with Crippen LogP contribution in [0.2, 0.25) is 0 Å². The highest BCUT2D eigenvalue weighted by molar-refractivity contribution is 5.83. The highest BCUT2D eigenvalue weighted by Crippen LogP contribution is 2.40. The molecule has 1 fully saturated rings. The molecule has 1 atom stereocenters. The number of primary amides is 1. The van der Waals surface area contributed by atoms with Gasteiger partial charge in [-0.2, -0.15) is 0 Å². The molecule has 6 heteroatoms. The summed E-state index contributed by atoms with van der Waals surface area (Å²) < 4.78 is 11.2. The molecule has 1 amide bonds. The predicted octanol–water partition coefficient (Wildman–Crippen LogP) is 3.20. The summed E-state index contributed by atoms with van der Waals surface area (Å²) in [6, 6.07) is 6.03. The van der Waals surface area contributed by atoms with Crippen LogP contribution < -0.4 is 15.4 Å². The Kier molecular flexibility index (Phi) is 4.34. The zero-order valence-corrected chi connectivity index (χ0v) is 15.3. The number of carbonyl (C=O) groups excluding carboxylic acids is 1. The van der Waals surface area contributed by atoms with Gasteiger partial charge >= 0.3 is 0 Å². The van der Waals surface area contributed by atoms with Crippen LogP contribution in [0.5, 0.6) is 5.75 Å². The van der Waals surface area contributed by atoms with E-state index in [-0.39, 0.29) is 0 Å². The number of aromatic nitrogens is 1. The van der Waals surface area contributed by atoms with Gasteiger partial charge < -0.3 is 19.9 Å². The van der Waals surface area contributed by atoms with E-state index in [4.69, 9.17) is 15.0 Å². The maximum Gasteiger partial charge on any atom is 0.260 e. The van der Waals surface area contributed by atoms with Crippen LogP contribution >= 0.6 is 0 Å². The molecule has 0 saturated heterocycles. The second-order valence-electron chi connectivity index (χ2n) is 7.45. The average Bonchev–Trinajstić information content (AvgIpc) is 3.24. The third-order valence-corrected chi connectivity index (χ3v) is 5.55. The molecule has 0 radical (unpaired) electrons. The average molecular weight is 355 g/mol. The number of amides is 1. The number of carbonyl (C=O) groups is 1. The van der Waals surface area contributed by atoms with E-state index in [1.165, 1.54) is 25.7 Å². The van der Waals surface area contributed by atoms with Crippen molar-refractivity contribution < 1.29 is 14.1 Å². The Morgan fingerprint density at radius 3 is 2.73 bits per heavy atom. The molecule has 0 spiro atoms. The molecular formula is C20H25N3O3. The molecule has 2 aliphatic rings. The standard InChI is InChI=1S/C20H25N3O3/c1-12-19(13(2)26-22-12)15-7-8-17-16(9-15)23(10-14-5-3-4-6-14)11-18(25-17)20(21)24/h7-9,14,18H,3-6,10-11H2,1-2H3,(H2,21,24). The summed E-state index contributed by atoms with van der Waals surface area (Å²) in [5.41, 5.74) is 9.49. The minimum Gasteiger partial charge on any atom is -0.477 e. The van der Waals surface area contributed by atoms with E-state index in [1.807, 2.05) is 26.0 Å². The second kappa shape index (κ2) is 6.67. The summed E-state index contributed by atoms with van der Waals surface area (Å²) in [4.78, 5) is 14.0. The molecule has 138 valence electrons. The number of hydrogen-bond donors (Lipinski definition) is 1. The lowest BCUT2D eigenvalue weighted by Crippen LogP contribution is -2.48. The summed E-state index contributed by atoms with van der Waals surface area (Å²) in [7, 11) is 0. The molecule has 2 N–H and O–H groups in total. The Bertz CT molecular complexity index is 804. The second-order valence-corrected chi connectivity index (χ2v) is 7.45. The maximum absolute atomic E-state index is 11.7. The summed E-state index contributed by atoms with van der Waals surface area (Å²) >= 11 is 0. The van der Waals surface area contributed by atoms with Crippen molar-refractivity contribution in [3.8, 4) is 16.9 Å². The van der Waals surface area contributed by atoms with Crippen molar-refractivity contribution in [3.05, 3.63) is 29.7 Å². The van der Waals surface area contributed by atoms with Crippen LogP contribution in [0, 0.1) is 19.8 Å². The van der Waals surface area contributed by atoms with Gasteiger partial charge in [-0.3, -0.25) is 4.79 Å². The number of rotatable bonds is 4. The van der Waals surface area contributed by atoms with E-state index in [0.29, 0.717) is 18.2 Å². The lowest BCUT2D eigenvalue weighted by molar-refractivity contribution is -0.124. The number of aryl methyl sites for hydroxylation is 2. The van der Waals surface area contributed by atoms with Gasteiger partial charge in [0.25, 0.3) is 5.91 Å². The van der Waals surface area contributed by atoms with Crippen LogP contribution in [0.3, 0.4) is 0 Å². The van der Waals surface area contributed by atoms with Gasteiger partial charge in [-0.1, -0.05) is 24.1 Å². The van der Waals surface area contributed by atoms with Crippen LogP contribution in [-0.4, -0.2) is 30.3 Å². The van der Waals surface area contributed by atoms with Gasteiger partial charge in [0.2, 0.25) is 0 Å². The molecule has 1 unspecified atom stereocenters. The van der Waals surface area contributed by atoms with Crippen molar-refractivity contribution in [3.63, 3.8) is 0 Å². The molecule has 2 heterocycles. The first-order chi connectivity index (χ1) is 12.5. The molecule has 1 aliphatic heterocycles. The first-order valence-corrected chi connectivity index (χ1v) is 9.31. The van der Waals surface area contributed by atoms with E-state index < -0.39 is 12.0 Å². The highest BCUT2D eigenvalue weighted by atomic mass is 16.5. The largest absolute Gasteiger partial charge is 0.477 e. The van der Waals surface area contributed by atoms with Crippen molar-refractivity contribution >= 4 is 11.6 Å². The summed E-state index contributed by atoms with van der Waals surface area (Å²) in [5, 5.41) is 4.06. The van der Waals surface area contributed by atoms with E-state index in [1.54, 1.807) is 0 Å². The first-order valence-electron chi connectivity index (χ1n) is 9.31. The molecule has 4 rings (SSSR count). The molecule has 1 aromatic carbocycles. The number of benzene rings is 1. The highest BCUT2D eigenvalue weighted by Gasteiger charge is 2.31. The Balaban J connectivity index is 1.71. The number of hydrogen-bond acceptors (Lipinski definition) is 5. The molecule has 6 nitrogen and oxygen atoms in total. The molecule has 1 aromatic heterocycles. The van der Waals surface area contributed by atoms with Crippen molar-refractivity contribution in [1.29, 1.82) is 0 Å². The molecule has 1 aliphatic carbocycles. The van der Waals surface area contributed by atoms with E-state index in [2.05, 4.69) is 16.1 Å². The Morgan fingerprint density at radius 2 is 2.08 bits per heavy atom. The van der Waals surface area contributed by atoms with Gasteiger partial charge in [-0.05, 0) is 50.3 Å². The lowest BCUT2D eigenvalue weighted by atomic mass is 10.0. The minimum atomic E-state index is -0.603. The van der Waals surface area contributed by atoms with Gasteiger partial charge in [-0.25, -0.2) is 0 Å². The van der Waals surface area contributed by atoms with Crippen molar-refractivity contribution in [1.82, 2.24) is 5.16 Å². The fourth-order valence-corrected chi connectivity index (χ4v) is 4.23. The predicted molar refractivity (Wildman–Crippen MR) is 99.2 cm³/mol. The van der Waals surface area contributed by atoms with Gasteiger partial charge in [0.1, 0.15) is 11.5 Å². The quantitative estimate of drug-likeness (QED) is 0.911. The molecule has 1 saturated carbocycles. The number of nitrogens with two attached hydrogens (primary N) is 1. The van der Waals surface area contributed by atoms with Crippen molar-refractivity contribution in [2.24, 2.45) is 11.7 Å². The van der Waals surface area contributed by atoms with Gasteiger partial charge in [0, 0.05) is 12.1 Å². The van der Waals surface area contributed by atoms with Crippen LogP contribution in [0.1, 0.15) is 37.1 Å². The normalized spacial score (nSPS) is 20.1. The molecule has 2 aromatic rings. The Morgan fingerprint density at radius 1 is 1.31 bits per heavy atom. The fourth-order valence-electron chi connectivity index (χ4n) is 4.23. The van der Waals surface area contributed by atoms with Crippen LogP contribution in [-0.2, 0) is 4.79 Å². The van der Waals surface area contributed by atoms with Crippen molar-refractivity contribution in [2.45, 2.75) is 45.6 Å². The Hall–Kier alpha value is -2.50. The van der Waals surface area contributed by atoms with Gasteiger partial charge in [0.05, 0.1) is 17.9 Å². The van der Waals surface area contributed by atoms with Crippen LogP contribution in [0.15, 0.2) is 22.7 Å². The number of ether oxygens (including phenoxy) is 1. The third-order valence-electron chi connectivity index (χ3n) is 5.55. The monoisotopic (exact) mass is 355 g/mol. The van der Waals surface area contributed by atoms with Gasteiger partial charge in [-0.15, -0.1) is 0 Å². The zero-order chi connectivity index (χ0) is 18.3. The summed E-state index contributed by atoms with van der Waals surface area (Å²) in [6.07, 6.45) is 4.48. The maximum atomic E-state index is 11.7. The zero-order valence-electron chi connectivity index (χ0n) is 15.3. The SMILES string of the molecule is Cc1noc(C)c1-c1ccc2c(c1)N(CC1CCCC1)CC(C(N)=O)O2. The molecule has 26 heavy (non-hydrogen) atoms. The fraction of sp³-hybridized carbons (Fsp3) is 0.500. The Labute approximate surface area is 153 Å². The van der Waals surface area contributed by atoms with E-state index >= 15 is 0 Å². The van der Waals surface area contributed by atoms with Crippen molar-refractivity contribution in [2.75, 3.05) is 18.0 Å². The number of nitrogens with zero attached hydrogens (tertiary/aromatic N) is 2. The summed E-state index contributed by atoms with van der Waals surface area (Å²) in [5.74, 6) is 1.77. The number of anilines is 1. The first kappa shape index (κ1) is 16.9. The smallest absolute Gasteiger partial charge is 0.260 e. The minimum absolute atomic E-state index is 0.415. The lowest BCUT2D eigenvalue weighted by Gasteiger charge is -2.36. The molecule has 0 bridgehead atoms. The topological polar surface area (TPSA) is 81.6 Å². The molecular weight excluding hydrogens is 330 g/mol.